The third-order valence-electron chi connectivity index (χ3n) is 5.04. The van der Waals surface area contributed by atoms with Crippen LogP contribution in [0.15, 0.2) is 55.0 Å². The van der Waals surface area contributed by atoms with Crippen molar-refractivity contribution in [1.82, 2.24) is 20.2 Å². The lowest BCUT2D eigenvalue weighted by Crippen LogP contribution is -2.43. The summed E-state index contributed by atoms with van der Waals surface area (Å²) in [4.78, 5) is 21.6. The molecular formula is C20H22N4O. The summed E-state index contributed by atoms with van der Waals surface area (Å²) in [6.45, 7) is 2.14. The zero-order valence-corrected chi connectivity index (χ0v) is 14.1. The molecule has 1 fully saturated rings. The third kappa shape index (κ3) is 3.36. The molecule has 1 saturated heterocycles. The van der Waals surface area contributed by atoms with Crippen LogP contribution in [0.2, 0.25) is 0 Å². The van der Waals surface area contributed by atoms with Gasteiger partial charge in [0, 0.05) is 49.1 Å². The van der Waals surface area contributed by atoms with Gasteiger partial charge in [-0.15, -0.1) is 0 Å². The maximum atomic E-state index is 12.4. The molecule has 2 amide bonds. The Morgan fingerprint density at radius 1 is 1.16 bits per heavy atom. The quantitative estimate of drug-likeness (QED) is 0.768. The molecular weight excluding hydrogens is 312 g/mol. The van der Waals surface area contributed by atoms with Gasteiger partial charge in [0.25, 0.3) is 0 Å². The number of amides is 2. The fourth-order valence-corrected chi connectivity index (χ4v) is 3.62. The normalized spacial score (nSPS) is 15.4. The van der Waals surface area contributed by atoms with Crippen molar-refractivity contribution in [1.29, 1.82) is 0 Å². The molecule has 0 spiro atoms. The molecule has 5 nitrogen and oxygen atoms in total. The number of hydrogen-bond donors (Lipinski definition) is 2. The van der Waals surface area contributed by atoms with E-state index in [2.05, 4.69) is 45.7 Å². The van der Waals surface area contributed by atoms with Gasteiger partial charge in [-0.25, -0.2) is 4.79 Å². The number of pyridine rings is 1. The van der Waals surface area contributed by atoms with Crippen LogP contribution in [0, 0.1) is 0 Å². The number of H-pyrrole nitrogens is 1. The first-order valence-electron chi connectivity index (χ1n) is 8.79. The lowest BCUT2D eigenvalue weighted by molar-refractivity contribution is 0.181. The Morgan fingerprint density at radius 2 is 1.92 bits per heavy atom. The molecule has 0 aliphatic carbocycles. The van der Waals surface area contributed by atoms with E-state index < -0.39 is 0 Å². The highest BCUT2D eigenvalue weighted by atomic mass is 16.2. The smallest absolute Gasteiger partial charge is 0.317 e. The van der Waals surface area contributed by atoms with Gasteiger partial charge in [0.15, 0.2) is 0 Å². The highest BCUT2D eigenvalue weighted by molar-refractivity contribution is 5.83. The van der Waals surface area contributed by atoms with E-state index in [1.54, 1.807) is 12.4 Å². The number of para-hydroxylation sites is 1. The molecule has 128 valence electrons. The van der Waals surface area contributed by atoms with Gasteiger partial charge in [0.1, 0.15) is 0 Å². The Balaban J connectivity index is 1.34. The van der Waals surface area contributed by atoms with Gasteiger partial charge in [-0.3, -0.25) is 4.98 Å². The molecule has 2 N–H and O–H groups in total. The predicted octanol–water partition coefficient (Wildman–Crippen LogP) is 3.65. The molecule has 0 radical (unpaired) electrons. The zero-order chi connectivity index (χ0) is 17.1. The molecule has 0 atom stereocenters. The number of nitrogens with zero attached hydrogens (tertiary/aromatic N) is 2. The highest BCUT2D eigenvalue weighted by Gasteiger charge is 2.25. The summed E-state index contributed by atoms with van der Waals surface area (Å²) in [6, 6.07) is 12.3. The third-order valence-corrected chi connectivity index (χ3v) is 5.04. The molecule has 3 aromatic rings. The number of likely N-dealkylation sites (tertiary alicyclic amines) is 1. The molecule has 0 unspecified atom stereocenters. The maximum absolute atomic E-state index is 12.4. The van der Waals surface area contributed by atoms with E-state index >= 15 is 0 Å². The SMILES string of the molecule is O=C(NCc1ccncc1)N1CCC(c2c[nH]c3ccccc23)CC1. The molecule has 1 aromatic carbocycles. The maximum Gasteiger partial charge on any atom is 0.317 e. The second-order valence-electron chi connectivity index (χ2n) is 6.57. The number of fused-ring (bicyclic) bond motifs is 1. The minimum absolute atomic E-state index is 0.0224. The first kappa shape index (κ1) is 15.7. The molecule has 2 aromatic heterocycles. The topological polar surface area (TPSA) is 61.0 Å². The van der Waals surface area contributed by atoms with Crippen molar-refractivity contribution in [2.45, 2.75) is 25.3 Å². The van der Waals surface area contributed by atoms with Crippen LogP contribution in [-0.4, -0.2) is 34.0 Å². The predicted molar refractivity (Wildman–Crippen MR) is 98.3 cm³/mol. The van der Waals surface area contributed by atoms with Crippen LogP contribution in [0.3, 0.4) is 0 Å². The minimum atomic E-state index is 0.0224. The number of aromatic amines is 1. The number of aromatic nitrogens is 2. The van der Waals surface area contributed by atoms with Crippen LogP contribution in [0.1, 0.15) is 29.9 Å². The van der Waals surface area contributed by atoms with E-state index in [0.29, 0.717) is 12.5 Å². The summed E-state index contributed by atoms with van der Waals surface area (Å²) in [7, 11) is 0. The average Bonchev–Trinajstić information content (AvgIpc) is 3.11. The molecule has 1 aliphatic rings. The molecule has 25 heavy (non-hydrogen) atoms. The Hall–Kier alpha value is -2.82. The molecule has 0 bridgehead atoms. The number of benzene rings is 1. The van der Waals surface area contributed by atoms with E-state index in [1.807, 2.05) is 17.0 Å². The number of urea groups is 1. The Labute approximate surface area is 147 Å². The van der Waals surface area contributed by atoms with Crippen LogP contribution in [0.5, 0.6) is 0 Å². The summed E-state index contributed by atoms with van der Waals surface area (Å²) in [5.41, 5.74) is 3.64. The fourth-order valence-electron chi connectivity index (χ4n) is 3.62. The second-order valence-corrected chi connectivity index (χ2v) is 6.57. The summed E-state index contributed by atoms with van der Waals surface area (Å²) in [6.07, 6.45) is 7.63. The molecule has 1 aliphatic heterocycles. The van der Waals surface area contributed by atoms with E-state index in [4.69, 9.17) is 0 Å². The number of nitrogens with one attached hydrogen (secondary N) is 2. The standard InChI is InChI=1S/C20H22N4O/c25-20(23-13-15-5-9-21-10-6-15)24-11-7-16(8-12-24)18-14-22-19-4-2-1-3-17(18)19/h1-6,9-10,14,16,22H,7-8,11-13H2,(H,23,25). The van der Waals surface area contributed by atoms with Crippen LogP contribution in [0.25, 0.3) is 10.9 Å². The Morgan fingerprint density at radius 3 is 2.72 bits per heavy atom. The van der Waals surface area contributed by atoms with Crippen LogP contribution < -0.4 is 5.32 Å². The van der Waals surface area contributed by atoms with Crippen LogP contribution >= 0.6 is 0 Å². The fraction of sp³-hybridized carbons (Fsp3) is 0.300. The van der Waals surface area contributed by atoms with Crippen molar-refractivity contribution in [2.24, 2.45) is 0 Å². The number of rotatable bonds is 3. The van der Waals surface area contributed by atoms with E-state index in [1.165, 1.54) is 16.5 Å². The van der Waals surface area contributed by atoms with Gasteiger partial charge in [0.2, 0.25) is 0 Å². The van der Waals surface area contributed by atoms with Crippen LogP contribution in [0.4, 0.5) is 4.79 Å². The summed E-state index contributed by atoms with van der Waals surface area (Å²) < 4.78 is 0. The average molecular weight is 334 g/mol. The van der Waals surface area contributed by atoms with Gasteiger partial charge in [-0.1, -0.05) is 18.2 Å². The molecule has 0 saturated carbocycles. The Bertz CT molecular complexity index is 850. The van der Waals surface area contributed by atoms with Gasteiger partial charge in [0.05, 0.1) is 0 Å². The van der Waals surface area contributed by atoms with Crippen molar-refractivity contribution in [3.05, 3.63) is 66.1 Å². The number of carbonyl (C=O) groups excluding carboxylic acids is 1. The van der Waals surface area contributed by atoms with Crippen molar-refractivity contribution >= 4 is 16.9 Å². The van der Waals surface area contributed by atoms with Crippen molar-refractivity contribution in [3.8, 4) is 0 Å². The number of carbonyl (C=O) groups is 1. The van der Waals surface area contributed by atoms with E-state index in [0.717, 1.165) is 31.5 Å². The first-order valence-corrected chi connectivity index (χ1v) is 8.79. The lowest BCUT2D eigenvalue weighted by atomic mass is 9.89. The number of hydrogen-bond acceptors (Lipinski definition) is 2. The highest BCUT2D eigenvalue weighted by Crippen LogP contribution is 2.33. The molecule has 4 rings (SSSR count). The van der Waals surface area contributed by atoms with Gasteiger partial charge >= 0.3 is 6.03 Å². The van der Waals surface area contributed by atoms with Gasteiger partial charge in [-0.2, -0.15) is 0 Å². The van der Waals surface area contributed by atoms with E-state index in [-0.39, 0.29) is 6.03 Å². The lowest BCUT2D eigenvalue weighted by Gasteiger charge is -2.32. The summed E-state index contributed by atoms with van der Waals surface area (Å²) in [5.74, 6) is 0.514. The van der Waals surface area contributed by atoms with Crippen LogP contribution in [-0.2, 0) is 6.54 Å². The monoisotopic (exact) mass is 334 g/mol. The molecule has 3 heterocycles. The van der Waals surface area contributed by atoms with Crippen molar-refractivity contribution in [2.75, 3.05) is 13.1 Å². The molecule has 5 heteroatoms. The summed E-state index contributed by atoms with van der Waals surface area (Å²) >= 11 is 0. The van der Waals surface area contributed by atoms with Crippen molar-refractivity contribution in [3.63, 3.8) is 0 Å². The first-order chi connectivity index (χ1) is 12.3. The van der Waals surface area contributed by atoms with Crippen molar-refractivity contribution < 1.29 is 4.79 Å². The van der Waals surface area contributed by atoms with Gasteiger partial charge in [-0.05, 0) is 48.1 Å². The van der Waals surface area contributed by atoms with Gasteiger partial charge < -0.3 is 15.2 Å². The Kier molecular flexibility index (Phi) is 4.37. The number of piperidine rings is 1. The largest absolute Gasteiger partial charge is 0.361 e. The van der Waals surface area contributed by atoms with E-state index in [9.17, 15) is 4.79 Å². The summed E-state index contributed by atoms with van der Waals surface area (Å²) in [5, 5.41) is 4.31. The second kappa shape index (κ2) is 6.97. The minimum Gasteiger partial charge on any atom is -0.361 e. The zero-order valence-electron chi connectivity index (χ0n) is 14.1.